The Labute approximate surface area is 169 Å². The maximum Gasteiger partial charge on any atom is 0.264 e. The smallest absolute Gasteiger partial charge is 0.264 e. The number of nitrogens with two attached hydrogens (primary N) is 1. The van der Waals surface area contributed by atoms with Crippen LogP contribution in [0.2, 0.25) is 0 Å². The molecule has 1 aliphatic rings. The van der Waals surface area contributed by atoms with E-state index in [1.165, 1.54) is 47.0 Å². The number of hydrazone groups is 1. The number of nitrogens with zero attached hydrogens (tertiary/aromatic N) is 5. The van der Waals surface area contributed by atoms with Gasteiger partial charge in [-0.2, -0.15) is 5.10 Å². The third kappa shape index (κ3) is 4.42. The molecule has 11 heteroatoms. The Kier molecular flexibility index (Phi) is 5.72. The number of rotatable bonds is 6. The number of thiazole rings is 1. The first-order valence-electron chi connectivity index (χ1n) is 8.99. The van der Waals surface area contributed by atoms with Gasteiger partial charge in [-0.15, -0.1) is 10.2 Å². The summed E-state index contributed by atoms with van der Waals surface area (Å²) in [6, 6.07) is 7.75. The Hall–Kier alpha value is -2.66. The van der Waals surface area contributed by atoms with Crippen LogP contribution in [0.1, 0.15) is 32.1 Å². The molecule has 2 aromatic heterocycles. The minimum atomic E-state index is -0.177. The minimum absolute atomic E-state index is 0.153. The summed E-state index contributed by atoms with van der Waals surface area (Å²) in [5, 5.41) is 16.2. The predicted molar refractivity (Wildman–Crippen MR) is 113 cm³/mol. The highest BCUT2D eigenvalue weighted by atomic mass is 32.2. The van der Waals surface area contributed by atoms with Crippen LogP contribution < -0.4 is 16.6 Å². The molecule has 4 N–H and O–H groups in total. The number of hydrogen-bond donors (Lipinski definition) is 3. The van der Waals surface area contributed by atoms with Crippen LogP contribution in [-0.2, 0) is 4.79 Å². The van der Waals surface area contributed by atoms with Crippen molar-refractivity contribution in [2.75, 3.05) is 22.3 Å². The summed E-state index contributed by atoms with van der Waals surface area (Å²) >= 11 is 2.64. The summed E-state index contributed by atoms with van der Waals surface area (Å²) < 4.78 is 2.34. The molecule has 1 saturated carbocycles. The van der Waals surface area contributed by atoms with Gasteiger partial charge in [0.2, 0.25) is 11.1 Å². The molecule has 0 unspecified atom stereocenters. The van der Waals surface area contributed by atoms with Crippen molar-refractivity contribution in [1.29, 1.82) is 0 Å². The van der Waals surface area contributed by atoms with Gasteiger partial charge in [-0.1, -0.05) is 41.7 Å². The van der Waals surface area contributed by atoms with Crippen LogP contribution >= 0.6 is 23.1 Å². The molecule has 2 heterocycles. The van der Waals surface area contributed by atoms with Crippen molar-refractivity contribution in [3.8, 4) is 0 Å². The quantitative estimate of drug-likeness (QED) is 0.320. The molecule has 1 amide bonds. The van der Waals surface area contributed by atoms with Gasteiger partial charge >= 0.3 is 0 Å². The fourth-order valence-electron chi connectivity index (χ4n) is 2.86. The number of amides is 1. The number of nitrogens with one attached hydrogen (secondary N) is 2. The summed E-state index contributed by atoms with van der Waals surface area (Å²) in [4.78, 5) is 16.6. The van der Waals surface area contributed by atoms with Crippen molar-refractivity contribution in [2.45, 2.75) is 37.3 Å². The Morgan fingerprint density at radius 1 is 1.25 bits per heavy atom. The van der Waals surface area contributed by atoms with Gasteiger partial charge in [-0.3, -0.25) is 4.79 Å². The standard InChI is InChI=1S/C17H20N8OS2/c18-25-15(22-21-11-6-2-1-3-7-11)23-24-17(25)27-10-14(26)20-16-19-12-8-4-5-9-13(12)28-16/h4-5,8-9H,1-3,6-7,10,18H2,(H,22,23)(H,19,20,26). The molecule has 1 fully saturated rings. The second-order valence-corrected chi connectivity index (χ2v) is 8.32. The lowest BCUT2D eigenvalue weighted by Gasteiger charge is -2.12. The molecule has 1 aliphatic carbocycles. The highest BCUT2D eigenvalue weighted by Crippen LogP contribution is 2.26. The Bertz CT molecular complexity index is 971. The second-order valence-electron chi connectivity index (χ2n) is 6.35. The predicted octanol–water partition coefficient (Wildman–Crippen LogP) is 3.06. The maximum absolute atomic E-state index is 12.2. The lowest BCUT2D eigenvalue weighted by molar-refractivity contribution is -0.113. The Morgan fingerprint density at radius 2 is 2.07 bits per heavy atom. The first kappa shape index (κ1) is 18.7. The lowest BCUT2D eigenvalue weighted by atomic mass is 9.99. The van der Waals surface area contributed by atoms with E-state index in [2.05, 4.69) is 31.0 Å². The molecule has 0 atom stereocenters. The van der Waals surface area contributed by atoms with Crippen LogP contribution in [0.4, 0.5) is 11.1 Å². The van der Waals surface area contributed by atoms with E-state index in [0.717, 1.165) is 28.8 Å². The van der Waals surface area contributed by atoms with Gasteiger partial charge < -0.3 is 11.2 Å². The number of para-hydroxylation sites is 1. The van der Waals surface area contributed by atoms with Crippen molar-refractivity contribution in [1.82, 2.24) is 19.9 Å². The molecule has 146 valence electrons. The van der Waals surface area contributed by atoms with Crippen LogP contribution in [0, 0.1) is 0 Å². The summed E-state index contributed by atoms with van der Waals surface area (Å²) in [5.41, 5.74) is 4.87. The molecule has 0 saturated heterocycles. The van der Waals surface area contributed by atoms with Crippen molar-refractivity contribution in [2.24, 2.45) is 5.10 Å². The van der Waals surface area contributed by atoms with Crippen molar-refractivity contribution < 1.29 is 4.79 Å². The Morgan fingerprint density at radius 3 is 2.89 bits per heavy atom. The minimum Gasteiger partial charge on any atom is -0.334 e. The van der Waals surface area contributed by atoms with Crippen LogP contribution in [0.25, 0.3) is 10.2 Å². The number of benzene rings is 1. The largest absolute Gasteiger partial charge is 0.334 e. The van der Waals surface area contributed by atoms with Crippen LogP contribution in [-0.4, -0.2) is 37.2 Å². The number of fused-ring (bicyclic) bond motifs is 1. The van der Waals surface area contributed by atoms with Gasteiger partial charge in [0.1, 0.15) is 0 Å². The number of carbonyl (C=O) groups is 1. The number of hydrogen-bond acceptors (Lipinski definition) is 9. The first-order valence-corrected chi connectivity index (χ1v) is 10.8. The summed E-state index contributed by atoms with van der Waals surface area (Å²) in [5.74, 6) is 6.34. The van der Waals surface area contributed by atoms with Gasteiger partial charge in [0.15, 0.2) is 5.13 Å². The van der Waals surface area contributed by atoms with Crippen LogP contribution in [0.5, 0.6) is 0 Å². The molecule has 0 radical (unpaired) electrons. The van der Waals surface area contributed by atoms with Gasteiger partial charge in [-0.05, 0) is 37.8 Å². The van der Waals surface area contributed by atoms with Gasteiger partial charge in [-0.25, -0.2) is 15.1 Å². The molecule has 3 aromatic rings. The highest BCUT2D eigenvalue weighted by molar-refractivity contribution is 7.99. The maximum atomic E-state index is 12.2. The van der Waals surface area contributed by atoms with Crippen molar-refractivity contribution in [3.63, 3.8) is 0 Å². The molecular weight excluding hydrogens is 396 g/mol. The fourth-order valence-corrected chi connectivity index (χ4v) is 4.40. The van der Waals surface area contributed by atoms with E-state index >= 15 is 0 Å². The third-order valence-electron chi connectivity index (χ3n) is 4.28. The molecule has 9 nitrogen and oxygen atoms in total. The summed E-state index contributed by atoms with van der Waals surface area (Å²) in [6.07, 6.45) is 5.59. The molecule has 0 spiro atoms. The van der Waals surface area contributed by atoms with Crippen molar-refractivity contribution >= 4 is 56.0 Å². The lowest BCUT2D eigenvalue weighted by Crippen LogP contribution is -2.17. The van der Waals surface area contributed by atoms with E-state index in [1.807, 2.05) is 24.3 Å². The SMILES string of the molecule is Nn1c(NN=C2CCCCC2)nnc1SCC(=O)Nc1nc2ccccc2s1. The van der Waals surface area contributed by atoms with Crippen LogP contribution in [0.3, 0.4) is 0 Å². The van der Waals surface area contributed by atoms with Crippen molar-refractivity contribution in [3.05, 3.63) is 24.3 Å². The number of aromatic nitrogens is 4. The topological polar surface area (TPSA) is 123 Å². The van der Waals surface area contributed by atoms with E-state index in [4.69, 9.17) is 5.84 Å². The molecule has 1 aromatic carbocycles. The zero-order chi connectivity index (χ0) is 19.3. The number of nitrogen functional groups attached to an aromatic ring is 1. The Balaban J connectivity index is 1.31. The second kappa shape index (κ2) is 8.57. The van der Waals surface area contributed by atoms with Crippen LogP contribution in [0.15, 0.2) is 34.5 Å². The zero-order valence-corrected chi connectivity index (χ0v) is 16.7. The number of carbonyl (C=O) groups excluding carboxylic acids is 1. The number of anilines is 2. The molecule has 0 bridgehead atoms. The molecule has 0 aliphatic heterocycles. The number of thioether (sulfide) groups is 1. The van der Waals surface area contributed by atoms with Gasteiger partial charge in [0, 0.05) is 5.71 Å². The fraction of sp³-hybridized carbons (Fsp3) is 0.353. The molecular formula is C17H20N8OS2. The van der Waals surface area contributed by atoms with Gasteiger partial charge in [0.05, 0.1) is 16.0 Å². The first-order chi connectivity index (χ1) is 13.7. The summed E-state index contributed by atoms with van der Waals surface area (Å²) in [7, 11) is 0. The third-order valence-corrected chi connectivity index (χ3v) is 6.18. The van der Waals surface area contributed by atoms with E-state index in [1.54, 1.807) is 0 Å². The van der Waals surface area contributed by atoms with E-state index in [0.29, 0.717) is 16.2 Å². The monoisotopic (exact) mass is 416 g/mol. The van der Waals surface area contributed by atoms with E-state index in [-0.39, 0.29) is 11.7 Å². The highest BCUT2D eigenvalue weighted by Gasteiger charge is 2.14. The van der Waals surface area contributed by atoms with E-state index < -0.39 is 0 Å². The van der Waals surface area contributed by atoms with Gasteiger partial charge in [0.25, 0.3) is 5.95 Å². The van der Waals surface area contributed by atoms with E-state index in [9.17, 15) is 4.79 Å². The molecule has 4 rings (SSSR count). The molecule has 28 heavy (non-hydrogen) atoms. The normalized spacial score (nSPS) is 14.2. The zero-order valence-electron chi connectivity index (χ0n) is 15.1. The average molecular weight is 417 g/mol. The average Bonchev–Trinajstić information content (AvgIpc) is 3.28. The summed E-state index contributed by atoms with van der Waals surface area (Å²) in [6.45, 7) is 0.